The van der Waals surface area contributed by atoms with Crippen molar-refractivity contribution in [3.8, 4) is 0 Å². The zero-order valence-electron chi connectivity index (χ0n) is 14.4. The van der Waals surface area contributed by atoms with E-state index in [4.69, 9.17) is 4.74 Å². The molecule has 2 unspecified atom stereocenters. The van der Waals surface area contributed by atoms with Crippen molar-refractivity contribution in [2.24, 2.45) is 0 Å². The Bertz CT molecular complexity index is 395. The van der Waals surface area contributed by atoms with E-state index in [1.165, 1.54) is 11.3 Å². The summed E-state index contributed by atoms with van der Waals surface area (Å²) in [5.74, 6) is 0. The van der Waals surface area contributed by atoms with Crippen LogP contribution in [0.3, 0.4) is 0 Å². The molecule has 1 aromatic rings. The fraction of sp³-hybridized carbons (Fsp3) is 0.667. The lowest BCUT2D eigenvalue weighted by atomic mass is 10.0. The minimum Gasteiger partial charge on any atom is -0.383 e. The van der Waals surface area contributed by atoms with Gasteiger partial charge in [-0.05, 0) is 44.9 Å². The normalized spacial score (nSPS) is 14.0. The van der Waals surface area contributed by atoms with Gasteiger partial charge in [-0.1, -0.05) is 32.0 Å². The molecule has 3 heteroatoms. The fourth-order valence-electron chi connectivity index (χ4n) is 2.57. The zero-order chi connectivity index (χ0) is 15.7. The highest BCUT2D eigenvalue weighted by Crippen LogP contribution is 2.28. The number of hydrogen-bond acceptors (Lipinski definition) is 3. The number of anilines is 1. The summed E-state index contributed by atoms with van der Waals surface area (Å²) in [5.41, 5.74) is 2.71. The number of benzene rings is 1. The molecule has 0 fully saturated rings. The average Bonchev–Trinajstić information content (AvgIpc) is 2.53. The van der Waals surface area contributed by atoms with Gasteiger partial charge in [0.1, 0.15) is 0 Å². The van der Waals surface area contributed by atoms with E-state index in [0.717, 1.165) is 32.5 Å². The molecule has 0 aliphatic carbocycles. The van der Waals surface area contributed by atoms with Crippen LogP contribution in [0.25, 0.3) is 0 Å². The molecule has 0 aliphatic rings. The van der Waals surface area contributed by atoms with Gasteiger partial charge in [0.25, 0.3) is 0 Å². The predicted molar refractivity (Wildman–Crippen MR) is 92.1 cm³/mol. The van der Waals surface area contributed by atoms with Gasteiger partial charge in [0, 0.05) is 31.4 Å². The van der Waals surface area contributed by atoms with E-state index in [-0.39, 0.29) is 0 Å². The van der Waals surface area contributed by atoms with Crippen molar-refractivity contribution in [1.29, 1.82) is 0 Å². The van der Waals surface area contributed by atoms with Gasteiger partial charge in [-0.3, -0.25) is 0 Å². The Morgan fingerprint density at radius 3 is 2.52 bits per heavy atom. The smallest absolute Gasteiger partial charge is 0.0637 e. The van der Waals surface area contributed by atoms with E-state index < -0.39 is 0 Å². The second-order valence-corrected chi connectivity index (χ2v) is 5.68. The molecule has 1 aromatic carbocycles. The molecule has 0 spiro atoms. The lowest BCUT2D eigenvalue weighted by molar-refractivity contribution is 0.203. The van der Waals surface area contributed by atoms with Crippen molar-refractivity contribution in [3.05, 3.63) is 29.8 Å². The van der Waals surface area contributed by atoms with Crippen LogP contribution in [0.2, 0.25) is 0 Å². The molecular formula is C18H32N2O. The van der Waals surface area contributed by atoms with Crippen LogP contribution >= 0.6 is 0 Å². The lowest BCUT2D eigenvalue weighted by Crippen LogP contribution is -2.36. The zero-order valence-corrected chi connectivity index (χ0v) is 14.4. The molecule has 0 saturated heterocycles. The van der Waals surface area contributed by atoms with E-state index in [1.807, 2.05) is 0 Å². The minimum atomic E-state index is 0.371. The number of para-hydroxylation sites is 1. The summed E-state index contributed by atoms with van der Waals surface area (Å²) in [6, 6.07) is 9.63. The molecule has 1 rings (SSSR count). The molecule has 0 bridgehead atoms. The summed E-state index contributed by atoms with van der Waals surface area (Å²) < 4.78 is 5.30. The van der Waals surface area contributed by atoms with E-state index in [0.29, 0.717) is 12.1 Å². The first-order valence-corrected chi connectivity index (χ1v) is 8.23. The van der Waals surface area contributed by atoms with Crippen LogP contribution in [0.4, 0.5) is 5.69 Å². The van der Waals surface area contributed by atoms with Crippen molar-refractivity contribution >= 4 is 5.69 Å². The monoisotopic (exact) mass is 292 g/mol. The molecule has 1 N–H and O–H groups in total. The van der Waals surface area contributed by atoms with Gasteiger partial charge in [0.2, 0.25) is 0 Å². The second kappa shape index (κ2) is 9.80. The maximum absolute atomic E-state index is 5.30. The first-order valence-electron chi connectivity index (χ1n) is 8.23. The van der Waals surface area contributed by atoms with Crippen LogP contribution in [0, 0.1) is 0 Å². The molecule has 0 amide bonds. The molecule has 0 radical (unpaired) electrons. The number of methoxy groups -OCH3 is 1. The van der Waals surface area contributed by atoms with Crippen molar-refractivity contribution < 1.29 is 4.74 Å². The van der Waals surface area contributed by atoms with Crippen LogP contribution in [0.5, 0.6) is 0 Å². The van der Waals surface area contributed by atoms with Crippen molar-refractivity contribution in [2.75, 3.05) is 31.7 Å². The van der Waals surface area contributed by atoms with Crippen molar-refractivity contribution in [2.45, 2.75) is 52.6 Å². The molecule has 0 saturated carbocycles. The molecule has 0 aliphatic heterocycles. The standard InChI is InChI=1S/C18H32N2O/c1-6-12-19-16(4)17-10-8-9-11-18(17)20(13-14-21-5)15(3)7-2/h8-11,15-16,19H,6-7,12-14H2,1-5H3. The third-order valence-corrected chi connectivity index (χ3v) is 4.07. The topological polar surface area (TPSA) is 24.5 Å². The van der Waals surface area contributed by atoms with Gasteiger partial charge in [-0.25, -0.2) is 0 Å². The van der Waals surface area contributed by atoms with Gasteiger partial charge < -0.3 is 15.0 Å². The fourth-order valence-corrected chi connectivity index (χ4v) is 2.57. The first-order chi connectivity index (χ1) is 10.2. The summed E-state index contributed by atoms with van der Waals surface area (Å²) in [4.78, 5) is 2.48. The minimum absolute atomic E-state index is 0.371. The number of ether oxygens (including phenoxy) is 1. The van der Waals surface area contributed by atoms with Crippen LogP contribution in [0.15, 0.2) is 24.3 Å². The van der Waals surface area contributed by atoms with Gasteiger partial charge in [0.15, 0.2) is 0 Å². The van der Waals surface area contributed by atoms with Gasteiger partial charge >= 0.3 is 0 Å². The van der Waals surface area contributed by atoms with Crippen LogP contribution in [-0.4, -0.2) is 32.8 Å². The SMILES string of the molecule is CCCNC(C)c1ccccc1N(CCOC)C(C)CC. The summed E-state index contributed by atoms with van der Waals surface area (Å²) in [6.45, 7) is 11.7. The molecule has 120 valence electrons. The van der Waals surface area contributed by atoms with E-state index >= 15 is 0 Å². The van der Waals surface area contributed by atoms with Gasteiger partial charge in [0.05, 0.1) is 6.61 Å². The van der Waals surface area contributed by atoms with Gasteiger partial charge in [-0.2, -0.15) is 0 Å². The van der Waals surface area contributed by atoms with Crippen molar-refractivity contribution in [1.82, 2.24) is 5.32 Å². The maximum atomic E-state index is 5.30. The highest BCUT2D eigenvalue weighted by atomic mass is 16.5. The summed E-state index contributed by atoms with van der Waals surface area (Å²) in [6.07, 6.45) is 2.29. The molecule has 2 atom stereocenters. The number of nitrogens with one attached hydrogen (secondary N) is 1. The Balaban J connectivity index is 3.00. The Hall–Kier alpha value is -1.06. The summed E-state index contributed by atoms with van der Waals surface area (Å²) in [7, 11) is 1.77. The Morgan fingerprint density at radius 1 is 1.19 bits per heavy atom. The number of nitrogens with zero attached hydrogens (tertiary/aromatic N) is 1. The lowest BCUT2D eigenvalue weighted by Gasteiger charge is -2.33. The van der Waals surface area contributed by atoms with E-state index in [9.17, 15) is 0 Å². The average molecular weight is 292 g/mol. The number of rotatable bonds is 10. The molecule has 21 heavy (non-hydrogen) atoms. The predicted octanol–water partition coefficient (Wildman–Crippen LogP) is 4.00. The molecule has 0 heterocycles. The Morgan fingerprint density at radius 2 is 1.90 bits per heavy atom. The van der Waals surface area contributed by atoms with Gasteiger partial charge in [-0.15, -0.1) is 0 Å². The third-order valence-electron chi connectivity index (χ3n) is 4.07. The van der Waals surface area contributed by atoms with E-state index in [2.05, 4.69) is 62.2 Å². The Labute approximate surface area is 130 Å². The maximum Gasteiger partial charge on any atom is 0.0637 e. The quantitative estimate of drug-likeness (QED) is 0.705. The largest absolute Gasteiger partial charge is 0.383 e. The molecule has 0 aromatic heterocycles. The summed E-state index contributed by atoms with van der Waals surface area (Å²) >= 11 is 0. The molecular weight excluding hydrogens is 260 g/mol. The second-order valence-electron chi connectivity index (χ2n) is 5.68. The molecule has 3 nitrogen and oxygen atoms in total. The first kappa shape index (κ1) is 18.0. The summed E-state index contributed by atoms with van der Waals surface area (Å²) in [5, 5.41) is 3.60. The Kier molecular flexibility index (Phi) is 8.40. The van der Waals surface area contributed by atoms with E-state index in [1.54, 1.807) is 7.11 Å². The highest BCUT2D eigenvalue weighted by molar-refractivity contribution is 5.55. The third kappa shape index (κ3) is 5.33. The highest BCUT2D eigenvalue weighted by Gasteiger charge is 2.18. The van der Waals surface area contributed by atoms with Crippen LogP contribution in [0.1, 0.15) is 52.1 Å². The number of hydrogen-bond donors (Lipinski definition) is 1. The van der Waals surface area contributed by atoms with Crippen LogP contribution < -0.4 is 10.2 Å². The van der Waals surface area contributed by atoms with Crippen molar-refractivity contribution in [3.63, 3.8) is 0 Å². The van der Waals surface area contributed by atoms with Crippen LogP contribution in [-0.2, 0) is 4.74 Å².